The molecule has 1 aromatic heterocycles. The molecule has 0 bridgehead atoms. The number of amides is 1. The maximum atomic E-state index is 11.9. The van der Waals surface area contributed by atoms with E-state index >= 15 is 0 Å². The first kappa shape index (κ1) is 15.3. The number of carbonyl (C=O) groups is 1. The molecule has 1 aliphatic rings. The van der Waals surface area contributed by atoms with Gasteiger partial charge in [-0.3, -0.25) is 4.79 Å². The number of thioether (sulfide) groups is 1. The van der Waals surface area contributed by atoms with Gasteiger partial charge in [-0.05, 0) is 39.5 Å². The van der Waals surface area contributed by atoms with Gasteiger partial charge >= 0.3 is 0 Å². The average Bonchev–Trinajstić information content (AvgIpc) is 2.88. The van der Waals surface area contributed by atoms with Gasteiger partial charge in [0, 0.05) is 12.1 Å². The Hall–Kier alpha value is -1.08. The van der Waals surface area contributed by atoms with Gasteiger partial charge in [0.1, 0.15) is 6.33 Å². The number of aliphatic hydroxyl groups excluding tert-OH is 1. The molecule has 2 N–H and O–H groups in total. The largest absolute Gasteiger partial charge is 0.393 e. The number of hydrogen-bond acceptors (Lipinski definition) is 5. The SMILES string of the molecule is CC(C)n1cnnc1SCC(=O)NC1CCC(O)CC1. The van der Waals surface area contributed by atoms with Crippen molar-refractivity contribution in [3.8, 4) is 0 Å². The van der Waals surface area contributed by atoms with Gasteiger partial charge < -0.3 is 15.0 Å². The van der Waals surface area contributed by atoms with E-state index in [1.807, 2.05) is 4.57 Å². The standard InChI is InChI=1S/C13H22N4O2S/c1-9(2)17-8-14-16-13(17)20-7-12(19)15-10-3-5-11(18)6-4-10/h8-11,18H,3-7H2,1-2H3,(H,15,19). The molecule has 1 aromatic rings. The van der Waals surface area contributed by atoms with E-state index < -0.39 is 0 Å². The summed E-state index contributed by atoms with van der Waals surface area (Å²) in [7, 11) is 0. The van der Waals surface area contributed by atoms with Crippen molar-refractivity contribution in [2.45, 2.75) is 62.9 Å². The third-order valence-electron chi connectivity index (χ3n) is 3.49. The lowest BCUT2D eigenvalue weighted by atomic mass is 9.93. The van der Waals surface area contributed by atoms with E-state index in [-0.39, 0.29) is 24.1 Å². The van der Waals surface area contributed by atoms with Crippen LogP contribution in [0, 0.1) is 0 Å². The van der Waals surface area contributed by atoms with E-state index in [1.54, 1.807) is 6.33 Å². The van der Waals surface area contributed by atoms with E-state index in [4.69, 9.17) is 0 Å². The maximum Gasteiger partial charge on any atom is 0.230 e. The Bertz CT molecular complexity index is 441. The summed E-state index contributed by atoms with van der Waals surface area (Å²) in [5.74, 6) is 0.375. The minimum absolute atomic E-state index is 0.0229. The highest BCUT2D eigenvalue weighted by atomic mass is 32.2. The zero-order valence-electron chi connectivity index (χ0n) is 12.0. The normalized spacial score (nSPS) is 23.0. The van der Waals surface area contributed by atoms with Gasteiger partial charge in [-0.1, -0.05) is 11.8 Å². The van der Waals surface area contributed by atoms with Gasteiger partial charge in [0.15, 0.2) is 5.16 Å². The van der Waals surface area contributed by atoms with Crippen LogP contribution >= 0.6 is 11.8 Å². The van der Waals surface area contributed by atoms with Crippen molar-refractivity contribution in [2.24, 2.45) is 0 Å². The van der Waals surface area contributed by atoms with Crippen LogP contribution in [0.15, 0.2) is 11.5 Å². The molecule has 2 rings (SSSR count). The fraction of sp³-hybridized carbons (Fsp3) is 0.769. The summed E-state index contributed by atoms with van der Waals surface area (Å²) >= 11 is 1.41. The topological polar surface area (TPSA) is 80.0 Å². The number of nitrogens with zero attached hydrogens (tertiary/aromatic N) is 3. The van der Waals surface area contributed by atoms with Crippen molar-refractivity contribution in [1.29, 1.82) is 0 Å². The third-order valence-corrected chi connectivity index (χ3v) is 4.45. The number of aliphatic hydroxyl groups is 1. The molecule has 0 radical (unpaired) electrons. The number of hydrogen-bond donors (Lipinski definition) is 2. The highest BCUT2D eigenvalue weighted by Gasteiger charge is 2.21. The Kier molecular flexibility index (Phi) is 5.42. The van der Waals surface area contributed by atoms with Crippen LogP contribution in [-0.4, -0.2) is 43.7 Å². The lowest BCUT2D eigenvalue weighted by Gasteiger charge is -2.26. The Morgan fingerprint density at radius 3 is 2.85 bits per heavy atom. The molecule has 1 heterocycles. The summed E-state index contributed by atoms with van der Waals surface area (Å²) in [6, 6.07) is 0.491. The smallest absolute Gasteiger partial charge is 0.230 e. The first-order valence-electron chi connectivity index (χ1n) is 7.06. The Balaban J connectivity index is 1.76. The third kappa shape index (κ3) is 4.21. The molecule has 1 amide bonds. The van der Waals surface area contributed by atoms with Crippen LogP contribution in [0.4, 0.5) is 0 Å². The van der Waals surface area contributed by atoms with E-state index in [1.165, 1.54) is 11.8 Å². The molecule has 1 fully saturated rings. The summed E-state index contributed by atoms with van der Waals surface area (Å²) < 4.78 is 1.95. The van der Waals surface area contributed by atoms with Gasteiger partial charge in [-0.25, -0.2) is 0 Å². The van der Waals surface area contributed by atoms with Crippen molar-refractivity contribution in [2.75, 3.05) is 5.75 Å². The van der Waals surface area contributed by atoms with Gasteiger partial charge in [-0.2, -0.15) is 0 Å². The predicted octanol–water partition coefficient (Wildman–Crippen LogP) is 1.37. The molecule has 0 unspecified atom stereocenters. The molecule has 0 aromatic carbocycles. The summed E-state index contributed by atoms with van der Waals surface area (Å²) in [5.41, 5.74) is 0. The van der Waals surface area contributed by atoms with Crippen molar-refractivity contribution in [1.82, 2.24) is 20.1 Å². The second-order valence-electron chi connectivity index (χ2n) is 5.48. The van der Waals surface area contributed by atoms with Crippen LogP contribution in [-0.2, 0) is 4.79 Å². The van der Waals surface area contributed by atoms with Crippen molar-refractivity contribution < 1.29 is 9.90 Å². The highest BCUT2D eigenvalue weighted by molar-refractivity contribution is 7.99. The molecular formula is C13H22N4O2S. The molecular weight excluding hydrogens is 276 g/mol. The van der Waals surface area contributed by atoms with Gasteiger partial charge in [0.2, 0.25) is 5.91 Å². The molecule has 0 atom stereocenters. The van der Waals surface area contributed by atoms with Crippen molar-refractivity contribution in [3.05, 3.63) is 6.33 Å². The lowest BCUT2D eigenvalue weighted by Crippen LogP contribution is -2.39. The second-order valence-corrected chi connectivity index (χ2v) is 6.42. The Labute approximate surface area is 123 Å². The zero-order chi connectivity index (χ0) is 14.5. The summed E-state index contributed by atoms with van der Waals surface area (Å²) in [6.45, 7) is 4.11. The molecule has 6 nitrogen and oxygen atoms in total. The molecule has 0 saturated heterocycles. The quantitative estimate of drug-likeness (QED) is 0.803. The van der Waals surface area contributed by atoms with Gasteiger partial charge in [0.05, 0.1) is 11.9 Å². The predicted molar refractivity (Wildman–Crippen MR) is 77.5 cm³/mol. The van der Waals surface area contributed by atoms with Gasteiger partial charge in [-0.15, -0.1) is 10.2 Å². The minimum atomic E-state index is -0.192. The fourth-order valence-corrected chi connectivity index (χ4v) is 3.16. The van der Waals surface area contributed by atoms with E-state index in [9.17, 15) is 9.90 Å². The van der Waals surface area contributed by atoms with Gasteiger partial charge in [0.25, 0.3) is 0 Å². The fourth-order valence-electron chi connectivity index (χ4n) is 2.31. The molecule has 0 spiro atoms. The van der Waals surface area contributed by atoms with Crippen LogP contribution in [0.5, 0.6) is 0 Å². The number of aromatic nitrogens is 3. The van der Waals surface area contributed by atoms with Crippen LogP contribution in [0.3, 0.4) is 0 Å². The monoisotopic (exact) mass is 298 g/mol. The molecule has 112 valence electrons. The first-order chi connectivity index (χ1) is 9.56. The van der Waals surface area contributed by atoms with E-state index in [0.29, 0.717) is 5.75 Å². The van der Waals surface area contributed by atoms with Crippen LogP contribution in [0.25, 0.3) is 0 Å². The van der Waals surface area contributed by atoms with E-state index in [0.717, 1.165) is 30.8 Å². The molecule has 0 aliphatic heterocycles. The van der Waals surface area contributed by atoms with Crippen LogP contribution < -0.4 is 5.32 Å². The molecule has 1 saturated carbocycles. The number of carbonyl (C=O) groups excluding carboxylic acids is 1. The molecule has 7 heteroatoms. The second kappa shape index (κ2) is 7.08. The zero-order valence-corrected chi connectivity index (χ0v) is 12.8. The summed E-state index contributed by atoms with van der Waals surface area (Å²) in [4.78, 5) is 11.9. The average molecular weight is 298 g/mol. The number of rotatable bonds is 5. The summed E-state index contributed by atoms with van der Waals surface area (Å²) in [5, 5.41) is 21.1. The summed E-state index contributed by atoms with van der Waals surface area (Å²) in [6.07, 6.45) is 4.77. The highest BCUT2D eigenvalue weighted by Crippen LogP contribution is 2.20. The van der Waals surface area contributed by atoms with Crippen LogP contribution in [0.2, 0.25) is 0 Å². The first-order valence-corrected chi connectivity index (χ1v) is 8.04. The minimum Gasteiger partial charge on any atom is -0.393 e. The molecule has 1 aliphatic carbocycles. The Morgan fingerprint density at radius 1 is 1.50 bits per heavy atom. The Morgan fingerprint density at radius 2 is 2.20 bits per heavy atom. The van der Waals surface area contributed by atoms with Crippen LogP contribution in [0.1, 0.15) is 45.6 Å². The van der Waals surface area contributed by atoms with Crippen molar-refractivity contribution in [3.63, 3.8) is 0 Å². The lowest BCUT2D eigenvalue weighted by molar-refractivity contribution is -0.119. The molecule has 20 heavy (non-hydrogen) atoms. The maximum absolute atomic E-state index is 11.9. The van der Waals surface area contributed by atoms with E-state index in [2.05, 4.69) is 29.4 Å². The number of nitrogens with one attached hydrogen (secondary N) is 1. The van der Waals surface area contributed by atoms with Crippen molar-refractivity contribution >= 4 is 17.7 Å².